The van der Waals surface area contributed by atoms with Crippen molar-refractivity contribution in [2.45, 2.75) is 34.3 Å². The van der Waals surface area contributed by atoms with Crippen molar-refractivity contribution >= 4 is 5.78 Å². The van der Waals surface area contributed by atoms with Gasteiger partial charge < -0.3 is 4.74 Å². The highest BCUT2D eigenvalue weighted by Crippen LogP contribution is 2.24. The van der Waals surface area contributed by atoms with E-state index in [1.165, 1.54) is 9.36 Å². The molecule has 3 rings (SSSR count). The molecule has 2 aromatic carbocycles. The maximum atomic E-state index is 12.2. The fourth-order valence-corrected chi connectivity index (χ4v) is 2.99. The number of rotatable bonds is 6. The van der Waals surface area contributed by atoms with E-state index in [2.05, 4.69) is 10.4 Å². The van der Waals surface area contributed by atoms with Crippen molar-refractivity contribution in [2.75, 3.05) is 0 Å². The predicted molar refractivity (Wildman–Crippen MR) is 106 cm³/mol. The topological polar surface area (TPSA) is 79.0 Å². The molecule has 1 heterocycles. The number of carbonyl (C=O) groups is 1. The van der Waals surface area contributed by atoms with E-state index in [9.17, 15) is 9.59 Å². The lowest BCUT2D eigenvalue weighted by molar-refractivity contribution is 0.0939. The quantitative estimate of drug-likeness (QED) is 0.614. The van der Waals surface area contributed by atoms with E-state index in [4.69, 9.17) is 4.74 Å². The Hall–Kier alpha value is -3.22. The average Bonchev–Trinajstić information content (AvgIpc) is 2.99. The molecule has 0 saturated carbocycles. The summed E-state index contributed by atoms with van der Waals surface area (Å²) in [6, 6.07) is 11.1. The molecule has 0 spiro atoms. The van der Waals surface area contributed by atoms with Gasteiger partial charge in [0.2, 0.25) is 0 Å². The minimum absolute atomic E-state index is 0.0500. The van der Waals surface area contributed by atoms with Crippen LogP contribution in [0.5, 0.6) is 5.75 Å². The number of benzene rings is 2. The molecule has 1 aromatic heterocycles. The number of aromatic nitrogens is 4. The third-order valence-electron chi connectivity index (χ3n) is 4.69. The van der Waals surface area contributed by atoms with Crippen molar-refractivity contribution in [3.63, 3.8) is 0 Å². The molecule has 0 aliphatic heterocycles. The number of ketones is 1. The van der Waals surface area contributed by atoms with Crippen LogP contribution < -0.4 is 10.4 Å². The smallest absolute Gasteiger partial charge is 0.368 e. The highest BCUT2D eigenvalue weighted by Gasteiger charge is 2.15. The molecule has 0 aliphatic carbocycles. The van der Waals surface area contributed by atoms with Crippen molar-refractivity contribution in [1.82, 2.24) is 19.8 Å². The lowest BCUT2D eigenvalue weighted by Crippen LogP contribution is -2.23. The summed E-state index contributed by atoms with van der Waals surface area (Å²) in [6.45, 7) is 7.91. The van der Waals surface area contributed by atoms with E-state index >= 15 is 0 Å². The van der Waals surface area contributed by atoms with Gasteiger partial charge in [-0.25, -0.2) is 4.79 Å². The Kier molecular flexibility index (Phi) is 5.44. The molecule has 146 valence electrons. The molecule has 0 amide bonds. The Balaban J connectivity index is 1.89. The highest BCUT2D eigenvalue weighted by atomic mass is 16.5. The van der Waals surface area contributed by atoms with Crippen LogP contribution in [-0.4, -0.2) is 25.6 Å². The molecule has 0 fully saturated rings. The van der Waals surface area contributed by atoms with Crippen LogP contribution in [-0.2, 0) is 13.7 Å². The van der Waals surface area contributed by atoms with Crippen molar-refractivity contribution in [3.8, 4) is 11.4 Å². The molecular formula is C21H24N4O3. The summed E-state index contributed by atoms with van der Waals surface area (Å²) in [4.78, 5) is 24.4. The fraction of sp³-hybridized carbons (Fsp3) is 0.333. The monoisotopic (exact) mass is 380 g/mol. The number of carbonyl (C=O) groups excluding carboxylic acids is 1. The zero-order chi connectivity index (χ0) is 20.4. The third kappa shape index (κ3) is 3.74. The Labute approximate surface area is 163 Å². The third-order valence-corrected chi connectivity index (χ3v) is 4.69. The van der Waals surface area contributed by atoms with Crippen molar-refractivity contribution in [1.29, 1.82) is 0 Å². The number of Topliss-reactive ketones (excluding diaryl/α,β-unsaturated/α-hetero) is 1. The molecule has 0 atom stereocenters. The lowest BCUT2D eigenvalue weighted by atomic mass is 9.99. The van der Waals surface area contributed by atoms with Gasteiger partial charge in [-0.05, 0) is 59.7 Å². The van der Waals surface area contributed by atoms with Gasteiger partial charge in [0.15, 0.2) is 5.78 Å². The van der Waals surface area contributed by atoms with Crippen LogP contribution in [0.2, 0.25) is 0 Å². The molecule has 0 unspecified atom stereocenters. The molecule has 7 nitrogen and oxygen atoms in total. The number of hydrogen-bond donors (Lipinski definition) is 0. The van der Waals surface area contributed by atoms with Gasteiger partial charge in [-0.15, -0.1) is 0 Å². The number of tetrazole rings is 1. The summed E-state index contributed by atoms with van der Waals surface area (Å²) in [7, 11) is 1.56. The van der Waals surface area contributed by atoms with Crippen LogP contribution in [0.4, 0.5) is 0 Å². The van der Waals surface area contributed by atoms with Gasteiger partial charge in [0, 0.05) is 24.1 Å². The van der Waals surface area contributed by atoms with E-state index in [1.54, 1.807) is 13.1 Å². The predicted octanol–water partition coefficient (Wildman–Crippen LogP) is 3.00. The summed E-state index contributed by atoms with van der Waals surface area (Å²) in [5.41, 5.74) is 3.73. The maximum Gasteiger partial charge on any atom is 0.368 e. The minimum atomic E-state index is -0.320. The van der Waals surface area contributed by atoms with E-state index in [-0.39, 0.29) is 24.0 Å². The zero-order valence-electron chi connectivity index (χ0n) is 16.8. The summed E-state index contributed by atoms with van der Waals surface area (Å²) in [5.74, 6) is 0.754. The molecule has 28 heavy (non-hydrogen) atoms. The minimum Gasteiger partial charge on any atom is -0.489 e. The zero-order valence-corrected chi connectivity index (χ0v) is 16.8. The van der Waals surface area contributed by atoms with Gasteiger partial charge in [-0.1, -0.05) is 26.0 Å². The average molecular weight is 380 g/mol. The van der Waals surface area contributed by atoms with E-state index in [1.807, 2.05) is 58.0 Å². The summed E-state index contributed by atoms with van der Waals surface area (Å²) >= 11 is 0. The summed E-state index contributed by atoms with van der Waals surface area (Å²) in [6.07, 6.45) is 0. The molecule has 0 N–H and O–H groups in total. The first kappa shape index (κ1) is 19.5. The molecule has 0 radical (unpaired) electrons. The number of ether oxygens (including phenoxy) is 1. The highest BCUT2D eigenvalue weighted by molar-refractivity contribution is 5.97. The van der Waals surface area contributed by atoms with Crippen molar-refractivity contribution in [2.24, 2.45) is 13.0 Å². The second kappa shape index (κ2) is 7.80. The molecule has 3 aromatic rings. The Bertz CT molecular complexity index is 1080. The molecule has 0 saturated heterocycles. The number of hydrogen-bond acceptors (Lipinski definition) is 5. The standard InChI is InChI=1S/C21H24N4O3/c1-13(2)20(26)16-9-10-19(15(4)11-16)28-12-17-14(3)7-6-8-18(17)25-21(27)24(5)22-23-25/h6-11,13H,12H2,1-5H3. The van der Waals surface area contributed by atoms with E-state index in [0.29, 0.717) is 17.0 Å². The van der Waals surface area contributed by atoms with Crippen LogP contribution in [0.1, 0.15) is 40.9 Å². The SMILES string of the molecule is Cc1cc(C(=O)C(C)C)ccc1OCc1c(C)cccc1-n1nnn(C)c1=O. The maximum absolute atomic E-state index is 12.2. The Morgan fingerprint density at radius 2 is 1.86 bits per heavy atom. The summed E-state index contributed by atoms with van der Waals surface area (Å²) in [5, 5.41) is 7.71. The van der Waals surface area contributed by atoms with Gasteiger partial charge in [0.25, 0.3) is 0 Å². The number of nitrogens with zero attached hydrogens (tertiary/aromatic N) is 4. The Morgan fingerprint density at radius 1 is 1.11 bits per heavy atom. The first-order chi connectivity index (χ1) is 13.3. The largest absolute Gasteiger partial charge is 0.489 e. The normalized spacial score (nSPS) is 11.1. The van der Waals surface area contributed by atoms with Gasteiger partial charge in [0.05, 0.1) is 5.69 Å². The molecule has 7 heteroatoms. The van der Waals surface area contributed by atoms with Crippen LogP contribution >= 0.6 is 0 Å². The first-order valence-corrected chi connectivity index (χ1v) is 9.15. The van der Waals surface area contributed by atoms with Crippen LogP contribution in [0, 0.1) is 19.8 Å². The van der Waals surface area contributed by atoms with Crippen LogP contribution in [0.15, 0.2) is 41.2 Å². The van der Waals surface area contributed by atoms with Crippen LogP contribution in [0.25, 0.3) is 5.69 Å². The second-order valence-corrected chi connectivity index (χ2v) is 7.16. The van der Waals surface area contributed by atoms with Gasteiger partial charge in [-0.3, -0.25) is 4.79 Å². The Morgan fingerprint density at radius 3 is 2.46 bits per heavy atom. The van der Waals surface area contributed by atoms with Crippen molar-refractivity contribution < 1.29 is 9.53 Å². The lowest BCUT2D eigenvalue weighted by Gasteiger charge is -2.15. The van der Waals surface area contributed by atoms with Crippen molar-refractivity contribution in [3.05, 3.63) is 69.1 Å². The number of aryl methyl sites for hydroxylation is 3. The fourth-order valence-electron chi connectivity index (χ4n) is 2.99. The van der Waals surface area contributed by atoms with Crippen LogP contribution in [0.3, 0.4) is 0 Å². The molecular weight excluding hydrogens is 356 g/mol. The summed E-state index contributed by atoms with van der Waals surface area (Å²) < 4.78 is 8.47. The first-order valence-electron chi connectivity index (χ1n) is 9.15. The van der Waals surface area contributed by atoms with E-state index in [0.717, 1.165) is 16.7 Å². The molecule has 0 aliphatic rings. The van der Waals surface area contributed by atoms with Gasteiger partial charge in [-0.2, -0.15) is 9.36 Å². The van der Waals surface area contributed by atoms with Gasteiger partial charge in [0.1, 0.15) is 12.4 Å². The second-order valence-electron chi connectivity index (χ2n) is 7.16. The van der Waals surface area contributed by atoms with Gasteiger partial charge >= 0.3 is 5.69 Å². The molecule has 0 bridgehead atoms. The van der Waals surface area contributed by atoms with E-state index < -0.39 is 0 Å².